The minimum Gasteiger partial charge on any atom is -0.493 e. The number of rotatable bonds is 6. The van der Waals surface area contributed by atoms with Crippen molar-refractivity contribution in [1.82, 2.24) is 0 Å². The third-order valence-electron chi connectivity index (χ3n) is 2.32. The van der Waals surface area contributed by atoms with E-state index in [4.69, 9.17) is 20.3 Å². The Labute approximate surface area is 100 Å². The summed E-state index contributed by atoms with van der Waals surface area (Å²) in [7, 11) is 1.46. The fraction of sp³-hybridized carbons (Fsp3) is 0.417. The number of anilines is 1. The highest BCUT2D eigenvalue weighted by atomic mass is 16.5. The van der Waals surface area contributed by atoms with Crippen LogP contribution in [0.3, 0.4) is 0 Å². The molecule has 0 aliphatic carbocycles. The van der Waals surface area contributed by atoms with Gasteiger partial charge in [-0.1, -0.05) is 13.3 Å². The Bertz CT molecular complexity index is 404. The van der Waals surface area contributed by atoms with Crippen molar-refractivity contribution >= 4 is 11.7 Å². The molecule has 1 rings (SSSR count). The third kappa shape index (κ3) is 3.27. The van der Waals surface area contributed by atoms with Crippen LogP contribution in [-0.2, 0) is 0 Å². The van der Waals surface area contributed by atoms with E-state index < -0.39 is 5.97 Å². The average Bonchev–Trinajstić information content (AvgIpc) is 2.29. The molecule has 0 amide bonds. The van der Waals surface area contributed by atoms with Crippen LogP contribution in [0.25, 0.3) is 0 Å². The van der Waals surface area contributed by atoms with Crippen molar-refractivity contribution in [2.75, 3.05) is 19.5 Å². The second kappa shape index (κ2) is 5.98. The summed E-state index contributed by atoms with van der Waals surface area (Å²) in [4.78, 5) is 10.9. The molecule has 5 heteroatoms. The van der Waals surface area contributed by atoms with Crippen molar-refractivity contribution in [2.24, 2.45) is 0 Å². The van der Waals surface area contributed by atoms with Crippen molar-refractivity contribution in [1.29, 1.82) is 0 Å². The second-order valence-corrected chi connectivity index (χ2v) is 3.60. The van der Waals surface area contributed by atoms with Crippen LogP contribution in [0.5, 0.6) is 11.5 Å². The van der Waals surface area contributed by atoms with Gasteiger partial charge in [-0.3, -0.25) is 0 Å². The molecule has 0 saturated heterocycles. The highest BCUT2D eigenvalue weighted by Crippen LogP contribution is 2.32. The Morgan fingerprint density at radius 3 is 2.65 bits per heavy atom. The zero-order valence-electron chi connectivity index (χ0n) is 10.0. The molecule has 0 aromatic heterocycles. The zero-order chi connectivity index (χ0) is 12.8. The van der Waals surface area contributed by atoms with Crippen LogP contribution in [0.2, 0.25) is 0 Å². The number of aromatic carboxylic acids is 1. The van der Waals surface area contributed by atoms with Gasteiger partial charge >= 0.3 is 5.97 Å². The number of carboxylic acids is 1. The standard InChI is InChI=1S/C12H17NO4/c1-3-4-5-17-11-7-9(13)8(12(14)15)6-10(11)16-2/h6-7H,3-5,13H2,1-2H3,(H,14,15). The van der Waals surface area contributed by atoms with E-state index in [1.165, 1.54) is 19.2 Å². The normalized spacial score (nSPS) is 10.0. The molecule has 0 aliphatic rings. The van der Waals surface area contributed by atoms with Gasteiger partial charge in [0, 0.05) is 12.1 Å². The quantitative estimate of drug-likeness (QED) is 0.587. The number of carbonyl (C=O) groups is 1. The van der Waals surface area contributed by atoms with E-state index in [-0.39, 0.29) is 11.3 Å². The summed E-state index contributed by atoms with van der Waals surface area (Å²) in [6.45, 7) is 2.61. The van der Waals surface area contributed by atoms with Gasteiger partial charge in [-0.2, -0.15) is 0 Å². The topological polar surface area (TPSA) is 81.8 Å². The van der Waals surface area contributed by atoms with Crippen molar-refractivity contribution in [3.8, 4) is 11.5 Å². The molecule has 0 atom stereocenters. The van der Waals surface area contributed by atoms with Gasteiger partial charge in [0.05, 0.1) is 25.0 Å². The number of methoxy groups -OCH3 is 1. The Morgan fingerprint density at radius 2 is 2.12 bits per heavy atom. The first-order chi connectivity index (χ1) is 8.10. The number of nitrogens with two attached hydrogens (primary N) is 1. The van der Waals surface area contributed by atoms with Crippen molar-refractivity contribution in [3.63, 3.8) is 0 Å². The molecule has 5 nitrogen and oxygen atoms in total. The molecule has 17 heavy (non-hydrogen) atoms. The lowest BCUT2D eigenvalue weighted by molar-refractivity contribution is 0.0697. The number of hydrogen-bond donors (Lipinski definition) is 2. The number of carboxylic acid groups (broad SMARTS) is 1. The van der Waals surface area contributed by atoms with Crippen LogP contribution in [0.1, 0.15) is 30.1 Å². The lowest BCUT2D eigenvalue weighted by atomic mass is 10.1. The van der Waals surface area contributed by atoms with Crippen LogP contribution in [0, 0.1) is 0 Å². The molecular formula is C12H17NO4. The monoisotopic (exact) mass is 239 g/mol. The third-order valence-corrected chi connectivity index (χ3v) is 2.32. The van der Waals surface area contributed by atoms with Crippen LogP contribution >= 0.6 is 0 Å². The summed E-state index contributed by atoms with van der Waals surface area (Å²) in [5.74, 6) is -0.225. The Balaban J connectivity index is 2.97. The average molecular weight is 239 g/mol. The molecule has 1 aromatic rings. The van der Waals surface area contributed by atoms with Gasteiger partial charge in [0.25, 0.3) is 0 Å². The summed E-state index contributed by atoms with van der Waals surface area (Å²) >= 11 is 0. The second-order valence-electron chi connectivity index (χ2n) is 3.60. The molecule has 0 bridgehead atoms. The van der Waals surface area contributed by atoms with Crippen molar-refractivity contribution < 1.29 is 19.4 Å². The van der Waals surface area contributed by atoms with E-state index in [0.29, 0.717) is 18.1 Å². The summed E-state index contributed by atoms with van der Waals surface area (Å²) in [5.41, 5.74) is 5.82. The van der Waals surface area contributed by atoms with Crippen LogP contribution < -0.4 is 15.2 Å². The van der Waals surface area contributed by atoms with E-state index in [1.807, 2.05) is 0 Å². The maximum atomic E-state index is 10.9. The van der Waals surface area contributed by atoms with Gasteiger partial charge in [0.2, 0.25) is 0 Å². The number of benzene rings is 1. The summed E-state index contributed by atoms with van der Waals surface area (Å²) in [5, 5.41) is 8.91. The SMILES string of the molecule is CCCCOc1cc(N)c(C(=O)O)cc1OC. The van der Waals surface area contributed by atoms with Gasteiger partial charge in [-0.25, -0.2) is 4.79 Å². The van der Waals surface area contributed by atoms with E-state index in [0.717, 1.165) is 12.8 Å². The van der Waals surface area contributed by atoms with Crippen LogP contribution in [0.15, 0.2) is 12.1 Å². The Kier molecular flexibility index (Phi) is 4.63. The number of nitrogen functional groups attached to an aromatic ring is 1. The molecule has 3 N–H and O–H groups in total. The largest absolute Gasteiger partial charge is 0.493 e. The molecule has 0 spiro atoms. The van der Waals surface area contributed by atoms with Crippen molar-refractivity contribution in [3.05, 3.63) is 17.7 Å². The predicted molar refractivity (Wildman–Crippen MR) is 64.8 cm³/mol. The summed E-state index contributed by atoms with van der Waals surface area (Å²) < 4.78 is 10.6. The van der Waals surface area contributed by atoms with E-state index in [9.17, 15) is 4.79 Å². The fourth-order valence-corrected chi connectivity index (χ4v) is 1.36. The van der Waals surface area contributed by atoms with E-state index in [2.05, 4.69) is 6.92 Å². The van der Waals surface area contributed by atoms with Gasteiger partial charge in [0.15, 0.2) is 11.5 Å². The summed E-state index contributed by atoms with van der Waals surface area (Å²) in [6, 6.07) is 2.86. The van der Waals surface area contributed by atoms with Crippen molar-refractivity contribution in [2.45, 2.75) is 19.8 Å². The molecule has 94 valence electrons. The Hall–Kier alpha value is -1.91. The first-order valence-corrected chi connectivity index (χ1v) is 5.43. The van der Waals surface area contributed by atoms with E-state index in [1.54, 1.807) is 0 Å². The molecule has 0 radical (unpaired) electrons. The van der Waals surface area contributed by atoms with E-state index >= 15 is 0 Å². The van der Waals surface area contributed by atoms with Crippen LogP contribution in [-0.4, -0.2) is 24.8 Å². The van der Waals surface area contributed by atoms with Gasteiger partial charge < -0.3 is 20.3 Å². The minimum absolute atomic E-state index is 0.0182. The van der Waals surface area contributed by atoms with Gasteiger partial charge in [-0.15, -0.1) is 0 Å². The zero-order valence-corrected chi connectivity index (χ0v) is 10.0. The number of ether oxygens (including phenoxy) is 2. The highest BCUT2D eigenvalue weighted by molar-refractivity contribution is 5.94. The molecule has 0 fully saturated rings. The number of unbranched alkanes of at least 4 members (excludes halogenated alkanes) is 1. The molecule has 0 aliphatic heterocycles. The maximum absolute atomic E-state index is 10.9. The smallest absolute Gasteiger partial charge is 0.337 e. The molecule has 0 heterocycles. The van der Waals surface area contributed by atoms with Crippen LogP contribution in [0.4, 0.5) is 5.69 Å². The first kappa shape index (κ1) is 13.2. The molecule has 0 saturated carbocycles. The fourth-order valence-electron chi connectivity index (χ4n) is 1.36. The highest BCUT2D eigenvalue weighted by Gasteiger charge is 2.14. The Morgan fingerprint density at radius 1 is 1.41 bits per heavy atom. The lowest BCUT2D eigenvalue weighted by Crippen LogP contribution is -2.05. The lowest BCUT2D eigenvalue weighted by Gasteiger charge is -2.12. The molecule has 1 aromatic carbocycles. The maximum Gasteiger partial charge on any atom is 0.337 e. The molecule has 0 unspecified atom stereocenters. The molecular weight excluding hydrogens is 222 g/mol. The predicted octanol–water partition coefficient (Wildman–Crippen LogP) is 2.15. The van der Waals surface area contributed by atoms with Gasteiger partial charge in [-0.05, 0) is 6.42 Å². The summed E-state index contributed by atoms with van der Waals surface area (Å²) in [6.07, 6.45) is 1.94. The number of hydrogen-bond acceptors (Lipinski definition) is 4. The first-order valence-electron chi connectivity index (χ1n) is 5.43. The van der Waals surface area contributed by atoms with Gasteiger partial charge in [0.1, 0.15) is 0 Å². The minimum atomic E-state index is -1.08.